The van der Waals surface area contributed by atoms with Crippen LogP contribution in [0.4, 0.5) is 0 Å². The predicted octanol–water partition coefficient (Wildman–Crippen LogP) is 0.139. The summed E-state index contributed by atoms with van der Waals surface area (Å²) in [6.07, 6.45) is 0.501. The highest BCUT2D eigenvalue weighted by Crippen LogP contribution is 2.26. The lowest BCUT2D eigenvalue weighted by molar-refractivity contribution is -0.157. The van der Waals surface area contributed by atoms with Gasteiger partial charge in [-0.1, -0.05) is 0 Å². The number of nitrogens with zero attached hydrogens (tertiary/aromatic N) is 2. The molecule has 2 atom stereocenters. The molecule has 0 bridgehead atoms. The van der Waals surface area contributed by atoms with Gasteiger partial charge in [0, 0.05) is 19.6 Å². The molecule has 1 saturated heterocycles. The summed E-state index contributed by atoms with van der Waals surface area (Å²) in [5.74, 6) is -1.69. The van der Waals surface area contributed by atoms with Gasteiger partial charge in [0.05, 0.1) is 32.6 Å². The number of carbonyl (C=O) groups is 3. The van der Waals surface area contributed by atoms with Crippen molar-refractivity contribution in [2.75, 3.05) is 46.9 Å². The molecule has 0 aromatic rings. The van der Waals surface area contributed by atoms with E-state index < -0.39 is 11.8 Å². The van der Waals surface area contributed by atoms with Gasteiger partial charge in [0.15, 0.2) is 0 Å². The smallest absolute Gasteiger partial charge is 0.319 e. The number of carbonyl (C=O) groups excluding carboxylic acids is 3. The molecule has 0 aromatic heterocycles. The van der Waals surface area contributed by atoms with Crippen LogP contribution in [0, 0.1) is 11.8 Å². The van der Waals surface area contributed by atoms with E-state index in [1.807, 2.05) is 18.7 Å². The lowest BCUT2D eigenvalue weighted by Gasteiger charge is -2.37. The number of rotatable bonds is 6. The lowest BCUT2D eigenvalue weighted by Crippen LogP contribution is -2.52. The number of likely N-dealkylation sites (tertiary alicyclic amines) is 1. The van der Waals surface area contributed by atoms with E-state index in [9.17, 15) is 14.4 Å². The maximum atomic E-state index is 12.7. The van der Waals surface area contributed by atoms with Gasteiger partial charge in [-0.15, -0.1) is 0 Å². The molecule has 0 aromatic carbocycles. The van der Waals surface area contributed by atoms with Crippen LogP contribution in [-0.2, 0) is 23.9 Å². The van der Waals surface area contributed by atoms with E-state index in [1.165, 1.54) is 14.2 Å². The van der Waals surface area contributed by atoms with Crippen LogP contribution in [0.25, 0.3) is 0 Å². The highest BCUT2D eigenvalue weighted by molar-refractivity contribution is 5.86. The number of ether oxygens (including phenoxy) is 2. The summed E-state index contributed by atoms with van der Waals surface area (Å²) in [5, 5.41) is 0. The molecular formula is C15H26N2O5. The summed E-state index contributed by atoms with van der Waals surface area (Å²) in [6.45, 7) is 6.06. The van der Waals surface area contributed by atoms with Gasteiger partial charge in [-0.3, -0.25) is 19.3 Å². The first-order valence-electron chi connectivity index (χ1n) is 7.64. The first kappa shape index (κ1) is 18.4. The van der Waals surface area contributed by atoms with Crippen molar-refractivity contribution in [1.29, 1.82) is 0 Å². The summed E-state index contributed by atoms with van der Waals surface area (Å²) in [5.41, 5.74) is 0. The van der Waals surface area contributed by atoms with Crippen molar-refractivity contribution >= 4 is 17.8 Å². The van der Waals surface area contributed by atoms with Crippen LogP contribution in [0.3, 0.4) is 0 Å². The van der Waals surface area contributed by atoms with Crippen molar-refractivity contribution in [3.8, 4) is 0 Å². The van der Waals surface area contributed by atoms with Gasteiger partial charge in [-0.2, -0.15) is 0 Å². The fraction of sp³-hybridized carbons (Fsp3) is 0.800. The first-order valence-corrected chi connectivity index (χ1v) is 7.64. The summed E-state index contributed by atoms with van der Waals surface area (Å²) >= 11 is 0. The van der Waals surface area contributed by atoms with Crippen LogP contribution in [0.1, 0.15) is 20.3 Å². The van der Waals surface area contributed by atoms with Crippen LogP contribution in [-0.4, -0.2) is 74.6 Å². The van der Waals surface area contributed by atoms with E-state index in [1.54, 1.807) is 4.90 Å². The second-order valence-electron chi connectivity index (χ2n) is 5.35. The average molecular weight is 314 g/mol. The minimum atomic E-state index is -0.481. The Bertz CT molecular complexity index is 409. The Morgan fingerprint density at radius 2 is 1.73 bits per heavy atom. The number of hydrogen-bond donors (Lipinski definition) is 0. The van der Waals surface area contributed by atoms with Crippen LogP contribution >= 0.6 is 0 Å². The monoisotopic (exact) mass is 314 g/mol. The van der Waals surface area contributed by atoms with E-state index >= 15 is 0 Å². The number of amides is 1. The highest BCUT2D eigenvalue weighted by Gasteiger charge is 2.40. The molecule has 126 valence electrons. The van der Waals surface area contributed by atoms with Crippen LogP contribution in [0.2, 0.25) is 0 Å². The molecule has 1 rings (SSSR count). The minimum Gasteiger partial charge on any atom is -0.469 e. The van der Waals surface area contributed by atoms with E-state index in [-0.39, 0.29) is 24.4 Å². The van der Waals surface area contributed by atoms with Crippen LogP contribution in [0.15, 0.2) is 0 Å². The second-order valence-corrected chi connectivity index (χ2v) is 5.35. The Kier molecular flexibility index (Phi) is 7.31. The molecule has 0 radical (unpaired) electrons. The number of hydrogen-bond acceptors (Lipinski definition) is 6. The Hall–Kier alpha value is -1.63. The second kappa shape index (κ2) is 8.73. The maximum absolute atomic E-state index is 12.7. The number of methoxy groups -OCH3 is 2. The molecule has 22 heavy (non-hydrogen) atoms. The van der Waals surface area contributed by atoms with E-state index in [2.05, 4.69) is 4.74 Å². The lowest BCUT2D eigenvalue weighted by atomic mass is 9.84. The van der Waals surface area contributed by atoms with Gasteiger partial charge < -0.3 is 14.4 Å². The first-order chi connectivity index (χ1) is 10.5. The Balaban J connectivity index is 2.88. The largest absolute Gasteiger partial charge is 0.469 e. The van der Waals surface area contributed by atoms with Crippen molar-refractivity contribution in [2.45, 2.75) is 20.3 Å². The predicted molar refractivity (Wildman–Crippen MR) is 80.0 cm³/mol. The summed E-state index contributed by atoms with van der Waals surface area (Å²) in [6, 6.07) is 0. The van der Waals surface area contributed by atoms with E-state index in [0.29, 0.717) is 32.6 Å². The Labute approximate surface area is 131 Å². The van der Waals surface area contributed by atoms with Crippen molar-refractivity contribution in [3.63, 3.8) is 0 Å². The van der Waals surface area contributed by atoms with E-state index in [4.69, 9.17) is 4.74 Å². The third-order valence-corrected chi connectivity index (χ3v) is 4.17. The van der Waals surface area contributed by atoms with Crippen LogP contribution < -0.4 is 0 Å². The van der Waals surface area contributed by atoms with Gasteiger partial charge in [0.2, 0.25) is 5.91 Å². The highest BCUT2D eigenvalue weighted by atomic mass is 16.5. The SMILES string of the molecule is CCN(CC)C(=O)C1CN(CC(=O)OC)CCC1C(=O)OC. The number of esters is 2. The van der Waals surface area contributed by atoms with Crippen LogP contribution in [0.5, 0.6) is 0 Å². The minimum absolute atomic E-state index is 0.0602. The molecule has 1 aliphatic heterocycles. The normalized spacial score (nSPS) is 22.0. The average Bonchev–Trinajstić information content (AvgIpc) is 2.54. The molecule has 1 fully saturated rings. The number of piperidine rings is 1. The van der Waals surface area contributed by atoms with Gasteiger partial charge in [0.25, 0.3) is 0 Å². The molecule has 0 N–H and O–H groups in total. The molecule has 1 aliphatic rings. The Morgan fingerprint density at radius 1 is 1.09 bits per heavy atom. The zero-order chi connectivity index (χ0) is 16.7. The van der Waals surface area contributed by atoms with E-state index in [0.717, 1.165) is 0 Å². The summed E-state index contributed by atoms with van der Waals surface area (Å²) in [4.78, 5) is 39.6. The molecule has 7 heteroatoms. The fourth-order valence-electron chi connectivity index (χ4n) is 2.86. The van der Waals surface area contributed by atoms with Crippen molar-refractivity contribution in [1.82, 2.24) is 9.80 Å². The molecule has 7 nitrogen and oxygen atoms in total. The van der Waals surface area contributed by atoms with Gasteiger partial charge >= 0.3 is 11.9 Å². The summed E-state index contributed by atoms with van der Waals surface area (Å²) in [7, 11) is 2.67. The maximum Gasteiger partial charge on any atom is 0.319 e. The molecule has 0 aliphatic carbocycles. The van der Waals surface area contributed by atoms with Gasteiger partial charge in [-0.25, -0.2) is 0 Å². The third-order valence-electron chi connectivity index (χ3n) is 4.17. The molecular weight excluding hydrogens is 288 g/mol. The molecule has 0 saturated carbocycles. The molecule has 1 amide bonds. The summed E-state index contributed by atoms with van der Waals surface area (Å²) < 4.78 is 9.50. The van der Waals surface area contributed by atoms with Gasteiger partial charge in [0.1, 0.15) is 0 Å². The zero-order valence-electron chi connectivity index (χ0n) is 13.8. The fourth-order valence-corrected chi connectivity index (χ4v) is 2.86. The molecule has 2 unspecified atom stereocenters. The van der Waals surface area contributed by atoms with Crippen molar-refractivity contribution in [2.24, 2.45) is 11.8 Å². The standard InChI is InChI=1S/C15H26N2O5/c1-5-17(6-2)14(19)12-9-16(10-13(18)21-3)8-7-11(12)15(20)22-4/h11-12H,5-10H2,1-4H3. The molecule has 0 spiro atoms. The van der Waals surface area contributed by atoms with Gasteiger partial charge in [-0.05, 0) is 26.8 Å². The van der Waals surface area contributed by atoms with Crippen molar-refractivity contribution in [3.05, 3.63) is 0 Å². The quantitative estimate of drug-likeness (QED) is 0.649. The molecule has 1 heterocycles. The Morgan fingerprint density at radius 3 is 2.23 bits per heavy atom. The third kappa shape index (κ3) is 4.43. The zero-order valence-corrected chi connectivity index (χ0v) is 13.8. The van der Waals surface area contributed by atoms with Crippen molar-refractivity contribution < 1.29 is 23.9 Å². The topological polar surface area (TPSA) is 76.2 Å².